The summed E-state index contributed by atoms with van der Waals surface area (Å²) >= 11 is 0. The van der Waals surface area contributed by atoms with E-state index in [1.165, 1.54) is 4.90 Å². The van der Waals surface area contributed by atoms with E-state index in [9.17, 15) is 14.4 Å². The van der Waals surface area contributed by atoms with E-state index in [-0.39, 0.29) is 18.5 Å². The molecule has 0 spiro atoms. The summed E-state index contributed by atoms with van der Waals surface area (Å²) in [6.45, 7) is 7.09. The number of likely N-dealkylation sites (N-methyl/N-ethyl adjacent to an activating group) is 1. The molecule has 9 heteroatoms. The van der Waals surface area contributed by atoms with Crippen molar-refractivity contribution in [3.63, 3.8) is 0 Å². The van der Waals surface area contributed by atoms with Gasteiger partial charge in [-0.1, -0.05) is 19.1 Å². The second-order valence-electron chi connectivity index (χ2n) is 8.16. The lowest BCUT2D eigenvalue weighted by Crippen LogP contribution is -2.49. The molecule has 33 heavy (non-hydrogen) atoms. The number of hydrogen-bond acceptors (Lipinski definition) is 6. The summed E-state index contributed by atoms with van der Waals surface area (Å²) in [5.41, 5.74) is 1.82. The number of hydrogen-bond donors (Lipinski definition) is 1. The molecule has 2 aliphatic rings. The lowest BCUT2D eigenvalue weighted by Gasteiger charge is -2.36. The predicted octanol–water partition coefficient (Wildman–Crippen LogP) is 2.15. The van der Waals surface area contributed by atoms with Crippen LogP contribution in [0.1, 0.15) is 38.3 Å². The van der Waals surface area contributed by atoms with Crippen LogP contribution >= 0.6 is 0 Å². The van der Waals surface area contributed by atoms with Crippen molar-refractivity contribution >= 4 is 17.9 Å². The molecule has 0 aromatic heterocycles. The molecule has 0 bridgehead atoms. The first kappa shape index (κ1) is 24.6. The van der Waals surface area contributed by atoms with E-state index in [1.807, 2.05) is 24.0 Å². The maximum atomic E-state index is 13.1. The van der Waals surface area contributed by atoms with E-state index in [1.54, 1.807) is 33.2 Å². The second-order valence-corrected chi connectivity index (χ2v) is 8.16. The molecule has 0 aliphatic carbocycles. The Balaban J connectivity index is 1.94. The zero-order valence-electron chi connectivity index (χ0n) is 19.9. The molecule has 1 aromatic carbocycles. The van der Waals surface area contributed by atoms with Crippen molar-refractivity contribution < 1.29 is 23.9 Å². The summed E-state index contributed by atoms with van der Waals surface area (Å²) in [6, 6.07) is 6.38. The highest BCUT2D eigenvalue weighted by molar-refractivity contribution is 5.95. The first-order valence-electron chi connectivity index (χ1n) is 11.5. The first-order chi connectivity index (χ1) is 15.9. The fourth-order valence-corrected chi connectivity index (χ4v) is 4.26. The van der Waals surface area contributed by atoms with Gasteiger partial charge < -0.3 is 19.7 Å². The third-order valence-corrected chi connectivity index (χ3v) is 6.14. The Hall–Kier alpha value is -3.07. The Morgan fingerprint density at radius 1 is 1.09 bits per heavy atom. The lowest BCUT2D eigenvalue weighted by molar-refractivity contribution is -0.139. The molecule has 180 valence electrons. The molecule has 3 rings (SSSR count). The Labute approximate surface area is 195 Å². The van der Waals surface area contributed by atoms with Crippen molar-refractivity contribution in [3.05, 3.63) is 41.1 Å². The van der Waals surface area contributed by atoms with Gasteiger partial charge in [0.25, 0.3) is 0 Å². The van der Waals surface area contributed by atoms with Gasteiger partial charge in [-0.2, -0.15) is 0 Å². The predicted molar refractivity (Wildman–Crippen MR) is 124 cm³/mol. The van der Waals surface area contributed by atoms with Crippen LogP contribution in [-0.2, 0) is 14.3 Å². The van der Waals surface area contributed by atoms with E-state index in [2.05, 4.69) is 10.2 Å². The zero-order valence-corrected chi connectivity index (χ0v) is 19.9. The summed E-state index contributed by atoms with van der Waals surface area (Å²) in [6.07, 6.45) is 1.33. The van der Waals surface area contributed by atoms with E-state index in [4.69, 9.17) is 9.47 Å². The molecular formula is C24H34N4O5. The summed E-state index contributed by atoms with van der Waals surface area (Å²) < 4.78 is 10.6. The van der Waals surface area contributed by atoms with Crippen LogP contribution in [0.3, 0.4) is 0 Å². The fourth-order valence-electron chi connectivity index (χ4n) is 4.26. The molecule has 1 atom stereocenters. The average molecular weight is 459 g/mol. The van der Waals surface area contributed by atoms with Crippen LogP contribution in [0.25, 0.3) is 0 Å². The van der Waals surface area contributed by atoms with E-state index in [0.29, 0.717) is 43.1 Å². The third-order valence-electron chi connectivity index (χ3n) is 6.14. The smallest absolute Gasteiger partial charge is 0.338 e. The number of nitrogens with zero attached hydrogens (tertiary/aromatic N) is 3. The minimum absolute atomic E-state index is 0.150. The van der Waals surface area contributed by atoms with Crippen LogP contribution < -0.4 is 10.1 Å². The number of carbonyl (C=O) groups excluding carboxylic acids is 3. The van der Waals surface area contributed by atoms with Crippen molar-refractivity contribution in [2.45, 2.75) is 32.7 Å². The number of urea groups is 1. The maximum Gasteiger partial charge on any atom is 0.338 e. The average Bonchev–Trinajstić information content (AvgIpc) is 3.07. The van der Waals surface area contributed by atoms with E-state index < -0.39 is 12.0 Å². The van der Waals surface area contributed by atoms with Crippen molar-refractivity contribution in [3.8, 4) is 5.75 Å². The van der Waals surface area contributed by atoms with Gasteiger partial charge in [-0.05, 0) is 31.0 Å². The lowest BCUT2D eigenvalue weighted by atomic mass is 9.94. The highest BCUT2D eigenvalue weighted by Gasteiger charge is 2.37. The van der Waals surface area contributed by atoms with Gasteiger partial charge in [0, 0.05) is 51.9 Å². The van der Waals surface area contributed by atoms with Crippen molar-refractivity contribution in [2.24, 2.45) is 0 Å². The molecule has 0 radical (unpaired) electrons. The van der Waals surface area contributed by atoms with Gasteiger partial charge in [0.2, 0.25) is 5.91 Å². The normalized spacial score (nSPS) is 19.8. The van der Waals surface area contributed by atoms with Crippen LogP contribution in [-0.4, -0.2) is 86.1 Å². The number of methoxy groups -OCH3 is 1. The Morgan fingerprint density at radius 3 is 2.45 bits per heavy atom. The van der Waals surface area contributed by atoms with Crippen LogP contribution in [0.4, 0.5) is 4.79 Å². The Morgan fingerprint density at radius 2 is 1.82 bits per heavy atom. The second kappa shape index (κ2) is 11.2. The van der Waals surface area contributed by atoms with Gasteiger partial charge in [0.15, 0.2) is 0 Å². The number of amides is 3. The number of esters is 1. The van der Waals surface area contributed by atoms with Gasteiger partial charge >= 0.3 is 12.0 Å². The summed E-state index contributed by atoms with van der Waals surface area (Å²) in [5.74, 6) is 0.394. The first-order valence-corrected chi connectivity index (χ1v) is 11.5. The zero-order chi connectivity index (χ0) is 24.0. The van der Waals surface area contributed by atoms with Gasteiger partial charge in [-0.15, -0.1) is 0 Å². The monoisotopic (exact) mass is 458 g/mol. The molecule has 1 N–H and O–H groups in total. The van der Waals surface area contributed by atoms with Gasteiger partial charge in [0.1, 0.15) is 5.75 Å². The SMILES string of the molecule is CCOC(=O)C1=C(CN2CCCN(C(=O)CC)CC2)N(C)C(=O)NC1c1ccc(OC)cc1. The minimum Gasteiger partial charge on any atom is -0.497 e. The van der Waals surface area contributed by atoms with Crippen LogP contribution in [0, 0.1) is 0 Å². The molecule has 1 aromatic rings. The standard InChI is InChI=1S/C24H34N4O5/c1-5-20(29)28-13-7-12-27(14-15-28)16-19-21(23(30)33-6-2)22(25-24(31)26(19)3)17-8-10-18(32-4)11-9-17/h8-11,22H,5-7,12-16H2,1-4H3,(H,25,31). The Bertz CT molecular complexity index is 899. The quantitative estimate of drug-likeness (QED) is 0.630. The topological polar surface area (TPSA) is 91.4 Å². The van der Waals surface area contributed by atoms with Gasteiger partial charge in [0.05, 0.1) is 25.3 Å². The van der Waals surface area contributed by atoms with Crippen LogP contribution in [0.2, 0.25) is 0 Å². The summed E-state index contributed by atoms with van der Waals surface area (Å²) in [4.78, 5) is 43.7. The molecule has 2 heterocycles. The number of nitrogens with one attached hydrogen (secondary N) is 1. The van der Waals surface area contributed by atoms with E-state index in [0.717, 1.165) is 25.1 Å². The molecular weight excluding hydrogens is 424 g/mol. The van der Waals surface area contributed by atoms with Crippen molar-refractivity contribution in [2.75, 3.05) is 53.5 Å². The fraction of sp³-hybridized carbons (Fsp3) is 0.542. The van der Waals surface area contributed by atoms with Crippen LogP contribution in [0.5, 0.6) is 5.75 Å². The van der Waals surface area contributed by atoms with E-state index >= 15 is 0 Å². The number of benzene rings is 1. The number of carbonyl (C=O) groups is 3. The maximum absolute atomic E-state index is 13.1. The molecule has 9 nitrogen and oxygen atoms in total. The summed E-state index contributed by atoms with van der Waals surface area (Å²) in [5, 5.41) is 2.93. The van der Waals surface area contributed by atoms with Gasteiger partial charge in [-0.25, -0.2) is 9.59 Å². The number of ether oxygens (including phenoxy) is 2. The molecule has 1 saturated heterocycles. The minimum atomic E-state index is -0.626. The molecule has 0 saturated carbocycles. The third kappa shape index (κ3) is 5.65. The van der Waals surface area contributed by atoms with Crippen molar-refractivity contribution in [1.82, 2.24) is 20.0 Å². The number of rotatable bonds is 7. The van der Waals surface area contributed by atoms with Crippen molar-refractivity contribution in [1.29, 1.82) is 0 Å². The Kier molecular flexibility index (Phi) is 8.32. The molecule has 2 aliphatic heterocycles. The van der Waals surface area contributed by atoms with Gasteiger partial charge in [-0.3, -0.25) is 14.6 Å². The molecule has 1 fully saturated rings. The molecule has 3 amide bonds. The van der Waals surface area contributed by atoms with Crippen LogP contribution in [0.15, 0.2) is 35.5 Å². The largest absolute Gasteiger partial charge is 0.497 e. The highest BCUT2D eigenvalue weighted by Crippen LogP contribution is 2.32. The summed E-state index contributed by atoms with van der Waals surface area (Å²) in [7, 11) is 3.25. The molecule has 1 unspecified atom stereocenters. The highest BCUT2D eigenvalue weighted by atomic mass is 16.5.